The van der Waals surface area contributed by atoms with Gasteiger partial charge in [-0.15, -0.1) is 0 Å². The third-order valence-corrected chi connectivity index (χ3v) is 2.62. The highest BCUT2D eigenvalue weighted by atomic mass is 19.1. The largest absolute Gasteiger partial charge is 0.320 e. The van der Waals surface area contributed by atoms with E-state index in [1.807, 2.05) is 0 Å². The number of hydrogen-bond donors (Lipinski definition) is 1. The van der Waals surface area contributed by atoms with E-state index in [1.165, 1.54) is 24.3 Å². The summed E-state index contributed by atoms with van der Waals surface area (Å²) in [6.45, 7) is 0. The third kappa shape index (κ3) is 3.97. The zero-order valence-electron chi connectivity index (χ0n) is 10.8. The summed E-state index contributed by atoms with van der Waals surface area (Å²) in [6, 6.07) is 13.8. The number of amides is 1. The van der Waals surface area contributed by atoms with Gasteiger partial charge in [-0.3, -0.25) is 14.9 Å². The van der Waals surface area contributed by atoms with Gasteiger partial charge in [-0.25, -0.2) is 4.39 Å². The second-order valence-electron chi connectivity index (χ2n) is 4.16. The summed E-state index contributed by atoms with van der Waals surface area (Å²) in [5.74, 6) is -1.94. The van der Waals surface area contributed by atoms with E-state index >= 15 is 0 Å². The van der Waals surface area contributed by atoms with Gasteiger partial charge in [0.15, 0.2) is 5.83 Å². The summed E-state index contributed by atoms with van der Waals surface area (Å²) in [4.78, 5) is 21.7. The molecule has 21 heavy (non-hydrogen) atoms. The molecule has 2 aromatic carbocycles. The standard InChI is InChI=1S/C15H11FN2O3/c16-14(15(19)17-12-6-2-1-3-7-12)10-11-5-4-8-13(9-11)18(20)21/h1-10H,(H,17,19)/b14-10-. The van der Waals surface area contributed by atoms with E-state index in [0.717, 1.165) is 6.08 Å². The van der Waals surface area contributed by atoms with Crippen LogP contribution in [0.1, 0.15) is 5.56 Å². The fourth-order valence-corrected chi connectivity index (χ4v) is 1.65. The van der Waals surface area contributed by atoms with Gasteiger partial charge in [0, 0.05) is 17.8 Å². The lowest BCUT2D eigenvalue weighted by Crippen LogP contribution is -2.11. The third-order valence-electron chi connectivity index (χ3n) is 2.62. The van der Waals surface area contributed by atoms with E-state index in [9.17, 15) is 19.3 Å². The lowest BCUT2D eigenvalue weighted by molar-refractivity contribution is -0.384. The van der Waals surface area contributed by atoms with E-state index in [-0.39, 0.29) is 11.3 Å². The minimum absolute atomic E-state index is 0.167. The van der Waals surface area contributed by atoms with E-state index in [0.29, 0.717) is 5.69 Å². The van der Waals surface area contributed by atoms with Gasteiger partial charge in [-0.2, -0.15) is 0 Å². The van der Waals surface area contributed by atoms with Crippen LogP contribution in [0.2, 0.25) is 0 Å². The molecule has 0 radical (unpaired) electrons. The van der Waals surface area contributed by atoms with Crippen LogP contribution in [0, 0.1) is 10.1 Å². The molecular formula is C15H11FN2O3. The Hall–Kier alpha value is -3.02. The van der Waals surface area contributed by atoms with Gasteiger partial charge in [0.05, 0.1) is 4.92 Å². The number of nitrogens with one attached hydrogen (secondary N) is 1. The van der Waals surface area contributed by atoms with E-state index in [4.69, 9.17) is 0 Å². The zero-order chi connectivity index (χ0) is 15.2. The highest BCUT2D eigenvalue weighted by Gasteiger charge is 2.10. The summed E-state index contributed by atoms with van der Waals surface area (Å²) in [7, 11) is 0. The first-order valence-electron chi connectivity index (χ1n) is 6.04. The number of anilines is 1. The highest BCUT2D eigenvalue weighted by molar-refractivity contribution is 6.04. The molecule has 0 saturated carbocycles. The van der Waals surface area contributed by atoms with Crippen LogP contribution >= 0.6 is 0 Å². The number of rotatable bonds is 4. The quantitative estimate of drug-likeness (QED) is 0.530. The van der Waals surface area contributed by atoms with Crippen molar-refractivity contribution in [3.63, 3.8) is 0 Å². The van der Waals surface area contributed by atoms with Gasteiger partial charge in [0.25, 0.3) is 11.6 Å². The number of halogens is 1. The molecule has 0 fully saturated rings. The van der Waals surface area contributed by atoms with Gasteiger partial charge in [-0.05, 0) is 23.8 Å². The molecule has 2 aromatic rings. The van der Waals surface area contributed by atoms with Gasteiger partial charge >= 0.3 is 0 Å². The van der Waals surface area contributed by atoms with Gasteiger partial charge < -0.3 is 5.32 Å². The molecule has 0 aliphatic heterocycles. The van der Waals surface area contributed by atoms with Crippen molar-refractivity contribution in [3.8, 4) is 0 Å². The summed E-state index contributed by atoms with van der Waals surface area (Å²) in [5.41, 5.74) is 0.537. The maximum absolute atomic E-state index is 13.8. The van der Waals surface area contributed by atoms with Crippen LogP contribution in [-0.2, 0) is 4.79 Å². The molecule has 0 spiro atoms. The Morgan fingerprint density at radius 1 is 1.14 bits per heavy atom. The van der Waals surface area contributed by atoms with Gasteiger partial charge in [0.1, 0.15) is 0 Å². The minimum atomic E-state index is -1.03. The predicted molar refractivity (Wildman–Crippen MR) is 77.3 cm³/mol. The Labute approximate surface area is 119 Å². The first-order valence-corrected chi connectivity index (χ1v) is 6.04. The monoisotopic (exact) mass is 286 g/mol. The number of nitrogens with zero attached hydrogens (tertiary/aromatic N) is 1. The van der Waals surface area contributed by atoms with Crippen molar-refractivity contribution < 1.29 is 14.1 Å². The number of para-hydroxylation sites is 1. The summed E-state index contributed by atoms with van der Waals surface area (Å²) < 4.78 is 13.8. The maximum Gasteiger partial charge on any atom is 0.284 e. The van der Waals surface area contributed by atoms with Crippen LogP contribution in [0.25, 0.3) is 6.08 Å². The van der Waals surface area contributed by atoms with Crippen LogP contribution < -0.4 is 5.32 Å². The van der Waals surface area contributed by atoms with Crippen molar-refractivity contribution in [2.75, 3.05) is 5.32 Å². The molecule has 0 aliphatic carbocycles. The number of nitro benzene ring substituents is 1. The van der Waals surface area contributed by atoms with Crippen molar-refractivity contribution in [1.82, 2.24) is 0 Å². The molecule has 0 saturated heterocycles. The van der Waals surface area contributed by atoms with Crippen molar-refractivity contribution in [1.29, 1.82) is 0 Å². The van der Waals surface area contributed by atoms with Crippen LogP contribution in [0.5, 0.6) is 0 Å². The van der Waals surface area contributed by atoms with E-state index in [1.54, 1.807) is 30.3 Å². The molecule has 0 aromatic heterocycles. The number of non-ortho nitro benzene ring substituents is 1. The molecule has 0 heterocycles. The molecule has 106 valence electrons. The molecule has 1 N–H and O–H groups in total. The van der Waals surface area contributed by atoms with Crippen LogP contribution in [-0.4, -0.2) is 10.8 Å². The zero-order valence-corrected chi connectivity index (χ0v) is 10.8. The topological polar surface area (TPSA) is 72.2 Å². The number of carbonyl (C=O) groups excluding carboxylic acids is 1. The van der Waals surface area contributed by atoms with E-state index in [2.05, 4.69) is 5.32 Å². The lowest BCUT2D eigenvalue weighted by atomic mass is 10.2. The first-order chi connectivity index (χ1) is 10.1. The van der Waals surface area contributed by atoms with Crippen molar-refractivity contribution in [2.45, 2.75) is 0 Å². The molecule has 2 rings (SSSR count). The fraction of sp³-hybridized carbons (Fsp3) is 0. The second-order valence-corrected chi connectivity index (χ2v) is 4.16. The molecular weight excluding hydrogens is 275 g/mol. The molecule has 0 bridgehead atoms. The summed E-state index contributed by atoms with van der Waals surface area (Å²) >= 11 is 0. The number of nitro groups is 1. The Morgan fingerprint density at radius 3 is 2.52 bits per heavy atom. The average molecular weight is 286 g/mol. The number of hydrogen-bond acceptors (Lipinski definition) is 3. The summed E-state index contributed by atoms with van der Waals surface area (Å²) in [6.07, 6.45) is 0.950. The SMILES string of the molecule is O=C(Nc1ccccc1)/C(F)=C/c1cccc([N+](=O)[O-])c1. The highest BCUT2D eigenvalue weighted by Crippen LogP contribution is 2.17. The first kappa shape index (κ1) is 14.4. The second kappa shape index (κ2) is 6.42. The molecule has 0 atom stereocenters. The average Bonchev–Trinajstić information content (AvgIpc) is 2.48. The normalized spacial score (nSPS) is 11.0. The minimum Gasteiger partial charge on any atom is -0.320 e. The molecule has 0 aliphatic rings. The number of benzene rings is 2. The maximum atomic E-state index is 13.8. The van der Waals surface area contributed by atoms with Crippen LogP contribution in [0.4, 0.5) is 15.8 Å². The number of carbonyl (C=O) groups is 1. The van der Waals surface area contributed by atoms with Gasteiger partial charge in [0.2, 0.25) is 0 Å². The Kier molecular flexibility index (Phi) is 4.40. The van der Waals surface area contributed by atoms with Crippen molar-refractivity contribution >= 4 is 23.4 Å². The molecule has 0 unspecified atom stereocenters. The van der Waals surface area contributed by atoms with Crippen LogP contribution in [0.3, 0.4) is 0 Å². The molecule has 6 heteroatoms. The van der Waals surface area contributed by atoms with Crippen molar-refractivity contribution in [2.24, 2.45) is 0 Å². The Morgan fingerprint density at radius 2 is 1.86 bits per heavy atom. The van der Waals surface area contributed by atoms with E-state index < -0.39 is 16.7 Å². The smallest absolute Gasteiger partial charge is 0.284 e. The fourth-order valence-electron chi connectivity index (χ4n) is 1.65. The lowest BCUT2D eigenvalue weighted by Gasteiger charge is -2.02. The molecule has 1 amide bonds. The molecule has 5 nitrogen and oxygen atoms in total. The van der Waals surface area contributed by atoms with Crippen LogP contribution in [0.15, 0.2) is 60.4 Å². The van der Waals surface area contributed by atoms with Gasteiger partial charge in [-0.1, -0.05) is 30.3 Å². The summed E-state index contributed by atoms with van der Waals surface area (Å²) in [5, 5.41) is 13.0. The Balaban J connectivity index is 2.15. The van der Waals surface area contributed by atoms with Crippen molar-refractivity contribution in [3.05, 3.63) is 76.1 Å². The predicted octanol–water partition coefficient (Wildman–Crippen LogP) is 3.54. The Bertz CT molecular complexity index is 699.